The SMILES string of the molecule is NN(Cc1ccccc1)c1ncn(-c2cccc(Cl)c2)c(=O)n1. The van der Waals surface area contributed by atoms with E-state index in [1.807, 2.05) is 30.3 Å². The van der Waals surface area contributed by atoms with Crippen LogP contribution in [0.1, 0.15) is 5.56 Å². The minimum absolute atomic E-state index is 0.164. The van der Waals surface area contributed by atoms with Crippen LogP contribution < -0.4 is 16.5 Å². The van der Waals surface area contributed by atoms with Gasteiger partial charge >= 0.3 is 5.69 Å². The molecule has 0 saturated carbocycles. The Kier molecular flexibility index (Phi) is 4.36. The van der Waals surface area contributed by atoms with Crippen LogP contribution in [0.4, 0.5) is 5.95 Å². The zero-order valence-corrected chi connectivity index (χ0v) is 12.9. The van der Waals surface area contributed by atoms with E-state index in [1.54, 1.807) is 24.3 Å². The minimum atomic E-state index is -0.472. The summed E-state index contributed by atoms with van der Waals surface area (Å²) >= 11 is 5.93. The van der Waals surface area contributed by atoms with Crippen molar-refractivity contribution in [3.63, 3.8) is 0 Å². The molecule has 0 fully saturated rings. The number of nitrogens with two attached hydrogens (primary N) is 1. The Bertz CT molecular complexity index is 866. The van der Waals surface area contributed by atoms with Gasteiger partial charge in [0, 0.05) is 5.02 Å². The first-order valence-electron chi connectivity index (χ1n) is 6.91. The molecule has 3 aromatic rings. The van der Waals surface area contributed by atoms with Gasteiger partial charge in [-0.1, -0.05) is 48.0 Å². The van der Waals surface area contributed by atoms with Gasteiger partial charge in [0.05, 0.1) is 12.2 Å². The number of nitrogens with zero attached hydrogens (tertiary/aromatic N) is 4. The largest absolute Gasteiger partial charge is 0.356 e. The molecule has 0 atom stereocenters. The van der Waals surface area contributed by atoms with E-state index in [9.17, 15) is 4.79 Å². The van der Waals surface area contributed by atoms with E-state index in [0.29, 0.717) is 17.3 Å². The van der Waals surface area contributed by atoms with Gasteiger partial charge in [-0.25, -0.2) is 15.6 Å². The van der Waals surface area contributed by atoms with E-state index in [2.05, 4.69) is 9.97 Å². The van der Waals surface area contributed by atoms with E-state index in [4.69, 9.17) is 17.4 Å². The number of anilines is 1. The van der Waals surface area contributed by atoms with Crippen LogP contribution in [0.15, 0.2) is 65.7 Å². The minimum Gasteiger partial charge on any atom is -0.274 e. The Hall–Kier alpha value is -2.70. The Balaban J connectivity index is 1.86. The van der Waals surface area contributed by atoms with Crippen LogP contribution in [0, 0.1) is 0 Å². The highest BCUT2D eigenvalue weighted by Crippen LogP contribution is 2.13. The van der Waals surface area contributed by atoms with Gasteiger partial charge in [-0.3, -0.25) is 9.58 Å². The molecule has 0 aliphatic rings. The summed E-state index contributed by atoms with van der Waals surface area (Å²) in [5, 5.41) is 1.86. The number of benzene rings is 2. The van der Waals surface area contributed by atoms with Crippen molar-refractivity contribution in [2.45, 2.75) is 6.54 Å². The summed E-state index contributed by atoms with van der Waals surface area (Å²) in [6.07, 6.45) is 1.39. The number of halogens is 1. The summed E-state index contributed by atoms with van der Waals surface area (Å²) in [5.41, 5.74) is 1.12. The second kappa shape index (κ2) is 6.60. The summed E-state index contributed by atoms with van der Waals surface area (Å²) in [6, 6.07) is 16.5. The predicted octanol–water partition coefficient (Wildman–Crippen LogP) is 2.16. The Morgan fingerprint density at radius 3 is 2.61 bits per heavy atom. The smallest absolute Gasteiger partial charge is 0.274 e. The van der Waals surface area contributed by atoms with E-state index < -0.39 is 5.69 Å². The molecule has 23 heavy (non-hydrogen) atoms. The number of rotatable bonds is 4. The molecular weight excluding hydrogens is 314 g/mol. The van der Waals surface area contributed by atoms with Gasteiger partial charge < -0.3 is 0 Å². The fourth-order valence-corrected chi connectivity index (χ4v) is 2.30. The van der Waals surface area contributed by atoms with Gasteiger partial charge in [-0.05, 0) is 23.8 Å². The van der Waals surface area contributed by atoms with Crippen molar-refractivity contribution in [2.24, 2.45) is 5.84 Å². The number of hydrogen-bond acceptors (Lipinski definition) is 5. The maximum absolute atomic E-state index is 12.2. The molecule has 2 aromatic carbocycles. The van der Waals surface area contributed by atoms with Crippen molar-refractivity contribution in [3.05, 3.63) is 82.0 Å². The molecule has 7 heteroatoms. The normalized spacial score (nSPS) is 10.5. The van der Waals surface area contributed by atoms with Crippen molar-refractivity contribution in [3.8, 4) is 5.69 Å². The Morgan fingerprint density at radius 1 is 1.13 bits per heavy atom. The van der Waals surface area contributed by atoms with Gasteiger partial charge in [-0.15, -0.1) is 0 Å². The van der Waals surface area contributed by atoms with E-state index in [-0.39, 0.29) is 5.95 Å². The quantitative estimate of drug-likeness (QED) is 0.587. The molecule has 1 heterocycles. The number of hydrazine groups is 1. The average Bonchev–Trinajstić information content (AvgIpc) is 2.55. The van der Waals surface area contributed by atoms with Crippen molar-refractivity contribution in [2.75, 3.05) is 5.01 Å². The third-order valence-corrected chi connectivity index (χ3v) is 3.46. The summed E-state index contributed by atoms with van der Waals surface area (Å²) in [7, 11) is 0. The van der Waals surface area contributed by atoms with Crippen molar-refractivity contribution in [1.29, 1.82) is 0 Å². The monoisotopic (exact) mass is 327 g/mol. The fraction of sp³-hybridized carbons (Fsp3) is 0.0625. The van der Waals surface area contributed by atoms with Gasteiger partial charge in [0.15, 0.2) is 0 Å². The second-order valence-corrected chi connectivity index (χ2v) is 5.34. The van der Waals surface area contributed by atoms with Crippen LogP contribution in [-0.2, 0) is 6.54 Å². The summed E-state index contributed by atoms with van der Waals surface area (Å²) < 4.78 is 1.31. The molecule has 2 N–H and O–H groups in total. The number of aromatic nitrogens is 3. The van der Waals surface area contributed by atoms with Crippen molar-refractivity contribution >= 4 is 17.5 Å². The van der Waals surface area contributed by atoms with E-state index in [0.717, 1.165) is 5.56 Å². The molecule has 0 radical (unpaired) electrons. The third kappa shape index (κ3) is 3.56. The van der Waals surface area contributed by atoms with Crippen LogP contribution in [0.2, 0.25) is 5.02 Å². The lowest BCUT2D eigenvalue weighted by atomic mass is 10.2. The van der Waals surface area contributed by atoms with Crippen LogP contribution >= 0.6 is 11.6 Å². The predicted molar refractivity (Wildman–Crippen MR) is 89.5 cm³/mol. The van der Waals surface area contributed by atoms with Crippen LogP contribution in [0.5, 0.6) is 0 Å². The summed E-state index contributed by atoms with van der Waals surface area (Å²) in [6.45, 7) is 0.404. The topological polar surface area (TPSA) is 77.0 Å². The first kappa shape index (κ1) is 15.2. The highest BCUT2D eigenvalue weighted by Gasteiger charge is 2.09. The van der Waals surface area contributed by atoms with E-state index >= 15 is 0 Å². The zero-order chi connectivity index (χ0) is 16.2. The first-order chi connectivity index (χ1) is 11.1. The highest BCUT2D eigenvalue weighted by atomic mass is 35.5. The molecule has 1 aromatic heterocycles. The lowest BCUT2D eigenvalue weighted by molar-refractivity contribution is 0.764. The third-order valence-electron chi connectivity index (χ3n) is 3.23. The van der Waals surface area contributed by atoms with Gasteiger partial charge in [0.2, 0.25) is 5.95 Å². The van der Waals surface area contributed by atoms with Crippen molar-refractivity contribution in [1.82, 2.24) is 14.5 Å². The Labute approximate surface area is 137 Å². The fourth-order valence-electron chi connectivity index (χ4n) is 2.12. The first-order valence-corrected chi connectivity index (χ1v) is 7.29. The Morgan fingerprint density at radius 2 is 1.91 bits per heavy atom. The molecule has 0 unspecified atom stereocenters. The molecule has 0 spiro atoms. The molecule has 0 bridgehead atoms. The van der Waals surface area contributed by atoms with Crippen LogP contribution in [0.25, 0.3) is 5.69 Å². The molecule has 0 aliphatic heterocycles. The lowest BCUT2D eigenvalue weighted by Gasteiger charge is -2.16. The highest BCUT2D eigenvalue weighted by molar-refractivity contribution is 6.30. The molecule has 3 rings (SSSR count). The molecule has 0 aliphatic carbocycles. The summed E-state index contributed by atoms with van der Waals surface area (Å²) in [5.74, 6) is 6.11. The second-order valence-electron chi connectivity index (χ2n) is 4.90. The standard InChI is InChI=1S/C16H14ClN5O/c17-13-7-4-8-14(9-13)21-11-19-15(20-16(21)23)22(18)10-12-5-2-1-3-6-12/h1-9,11H,10,18H2. The maximum Gasteiger partial charge on any atom is 0.356 e. The number of hydrogen-bond donors (Lipinski definition) is 1. The maximum atomic E-state index is 12.2. The molecule has 0 amide bonds. The van der Waals surface area contributed by atoms with Gasteiger partial charge in [0.1, 0.15) is 6.33 Å². The van der Waals surface area contributed by atoms with Gasteiger partial charge in [-0.2, -0.15) is 4.98 Å². The van der Waals surface area contributed by atoms with Gasteiger partial charge in [0.25, 0.3) is 0 Å². The lowest BCUT2D eigenvalue weighted by Crippen LogP contribution is -2.35. The van der Waals surface area contributed by atoms with Crippen LogP contribution in [0.3, 0.4) is 0 Å². The average molecular weight is 328 g/mol. The van der Waals surface area contributed by atoms with Crippen molar-refractivity contribution < 1.29 is 0 Å². The molecule has 116 valence electrons. The van der Waals surface area contributed by atoms with E-state index in [1.165, 1.54) is 15.9 Å². The zero-order valence-electron chi connectivity index (χ0n) is 12.1. The molecule has 6 nitrogen and oxygen atoms in total. The summed E-state index contributed by atoms with van der Waals surface area (Å²) in [4.78, 5) is 20.3. The van der Waals surface area contributed by atoms with Crippen LogP contribution in [-0.4, -0.2) is 14.5 Å². The molecular formula is C16H14ClN5O. The molecule has 0 saturated heterocycles.